The van der Waals surface area contributed by atoms with Crippen molar-refractivity contribution in [1.82, 2.24) is 10.2 Å². The minimum absolute atomic E-state index is 0.0482. The summed E-state index contributed by atoms with van der Waals surface area (Å²) >= 11 is 12.8. The highest BCUT2D eigenvalue weighted by Crippen LogP contribution is 2.29. The van der Waals surface area contributed by atoms with Gasteiger partial charge in [0, 0.05) is 28.7 Å². The summed E-state index contributed by atoms with van der Waals surface area (Å²) in [7, 11) is -4.12. The molecule has 3 rings (SSSR count). The van der Waals surface area contributed by atoms with E-state index in [1.165, 1.54) is 17.0 Å². The highest BCUT2D eigenvalue weighted by atomic mass is 35.5. The zero-order valence-corrected chi connectivity index (χ0v) is 24.6. The number of benzene rings is 3. The van der Waals surface area contributed by atoms with Crippen molar-refractivity contribution >= 4 is 50.7 Å². The summed E-state index contributed by atoms with van der Waals surface area (Å²) in [6, 6.07) is 18.9. The third-order valence-electron chi connectivity index (χ3n) is 6.38. The lowest BCUT2D eigenvalue weighted by Crippen LogP contribution is -2.51. The van der Waals surface area contributed by atoms with Crippen molar-refractivity contribution in [3.8, 4) is 0 Å². The van der Waals surface area contributed by atoms with E-state index < -0.39 is 28.5 Å². The van der Waals surface area contributed by atoms with Gasteiger partial charge in [-0.25, -0.2) is 8.42 Å². The van der Waals surface area contributed by atoms with E-state index in [1.807, 2.05) is 6.92 Å². The maximum absolute atomic E-state index is 14.0. The molecule has 0 aliphatic heterocycles. The predicted molar refractivity (Wildman–Crippen MR) is 157 cm³/mol. The summed E-state index contributed by atoms with van der Waals surface area (Å²) in [5, 5.41) is 3.53. The smallest absolute Gasteiger partial charge is 0.264 e. The molecular formula is C29H33Cl2N3O4S. The largest absolute Gasteiger partial charge is 0.354 e. The molecule has 1 atom stereocenters. The number of carbonyl (C=O) groups is 2. The van der Waals surface area contributed by atoms with Crippen LogP contribution in [-0.4, -0.2) is 44.3 Å². The molecule has 0 saturated heterocycles. The fraction of sp³-hybridized carbons (Fsp3) is 0.310. The van der Waals surface area contributed by atoms with Gasteiger partial charge in [0.1, 0.15) is 12.6 Å². The first kappa shape index (κ1) is 30.5. The molecule has 39 heavy (non-hydrogen) atoms. The fourth-order valence-corrected chi connectivity index (χ4v) is 6.07. The van der Waals surface area contributed by atoms with Crippen LogP contribution in [0.5, 0.6) is 0 Å². The fourth-order valence-electron chi connectivity index (χ4n) is 4.05. The van der Waals surface area contributed by atoms with Crippen molar-refractivity contribution in [2.45, 2.75) is 51.1 Å². The van der Waals surface area contributed by atoms with Crippen molar-refractivity contribution in [3.63, 3.8) is 0 Å². The van der Waals surface area contributed by atoms with E-state index in [1.54, 1.807) is 74.5 Å². The Morgan fingerprint density at radius 2 is 1.54 bits per heavy atom. The maximum Gasteiger partial charge on any atom is 0.264 e. The molecule has 10 heteroatoms. The number of nitrogens with zero attached hydrogens (tertiary/aromatic N) is 2. The van der Waals surface area contributed by atoms with Gasteiger partial charge in [0.05, 0.1) is 10.6 Å². The molecule has 2 amide bonds. The first-order chi connectivity index (χ1) is 18.6. The van der Waals surface area contributed by atoms with Crippen molar-refractivity contribution in [1.29, 1.82) is 0 Å². The number of rotatable bonds is 12. The van der Waals surface area contributed by atoms with Gasteiger partial charge in [-0.05, 0) is 56.2 Å². The molecule has 7 nitrogen and oxygen atoms in total. The Morgan fingerprint density at radius 3 is 2.15 bits per heavy atom. The van der Waals surface area contributed by atoms with Gasteiger partial charge in [0.15, 0.2) is 0 Å². The number of amides is 2. The second kappa shape index (κ2) is 13.8. The zero-order chi connectivity index (χ0) is 28.6. The van der Waals surface area contributed by atoms with Gasteiger partial charge in [-0.1, -0.05) is 79.0 Å². The highest BCUT2D eigenvalue weighted by Gasteiger charge is 2.33. The number of nitrogens with one attached hydrogen (secondary N) is 1. The molecule has 0 aliphatic carbocycles. The van der Waals surface area contributed by atoms with Crippen LogP contribution in [0.3, 0.4) is 0 Å². The van der Waals surface area contributed by atoms with Gasteiger partial charge in [0.25, 0.3) is 10.0 Å². The molecule has 208 valence electrons. The molecule has 0 radical (unpaired) electrons. The monoisotopic (exact) mass is 589 g/mol. The second-order valence-corrected chi connectivity index (χ2v) is 11.8. The summed E-state index contributed by atoms with van der Waals surface area (Å²) in [6.45, 7) is 5.25. The van der Waals surface area contributed by atoms with Gasteiger partial charge in [-0.2, -0.15) is 0 Å². The Hall–Kier alpha value is -3.07. The van der Waals surface area contributed by atoms with Crippen LogP contribution in [0.15, 0.2) is 77.7 Å². The van der Waals surface area contributed by atoms with E-state index in [-0.39, 0.29) is 17.3 Å². The molecule has 0 fully saturated rings. The Morgan fingerprint density at radius 1 is 0.923 bits per heavy atom. The lowest BCUT2D eigenvalue weighted by atomic mass is 10.1. The third kappa shape index (κ3) is 7.53. The van der Waals surface area contributed by atoms with Crippen LogP contribution in [0.4, 0.5) is 5.69 Å². The normalized spacial score (nSPS) is 12.0. The molecular weight excluding hydrogens is 557 g/mol. The lowest BCUT2D eigenvalue weighted by molar-refractivity contribution is -0.139. The van der Waals surface area contributed by atoms with Crippen LogP contribution in [0.2, 0.25) is 10.0 Å². The molecule has 0 aliphatic rings. The van der Waals surface area contributed by atoms with Gasteiger partial charge < -0.3 is 10.2 Å². The van der Waals surface area contributed by atoms with Gasteiger partial charge in [-0.15, -0.1) is 0 Å². The first-order valence-corrected chi connectivity index (χ1v) is 14.9. The van der Waals surface area contributed by atoms with Gasteiger partial charge in [0.2, 0.25) is 11.8 Å². The molecule has 0 bridgehead atoms. The van der Waals surface area contributed by atoms with Crippen LogP contribution < -0.4 is 9.62 Å². The van der Waals surface area contributed by atoms with E-state index >= 15 is 0 Å². The number of sulfonamides is 1. The van der Waals surface area contributed by atoms with Gasteiger partial charge in [-0.3, -0.25) is 13.9 Å². The third-order valence-corrected chi connectivity index (χ3v) is 8.86. The number of anilines is 1. The molecule has 0 unspecified atom stereocenters. The average Bonchev–Trinajstić information content (AvgIpc) is 2.92. The Balaban J connectivity index is 2.04. The lowest BCUT2D eigenvalue weighted by Gasteiger charge is -2.32. The molecule has 0 heterocycles. The number of halogens is 2. The van der Waals surface area contributed by atoms with Gasteiger partial charge >= 0.3 is 0 Å². The number of aryl methyl sites for hydroxylation is 1. The highest BCUT2D eigenvalue weighted by molar-refractivity contribution is 7.92. The van der Waals surface area contributed by atoms with E-state index in [4.69, 9.17) is 23.2 Å². The number of hydrogen-bond donors (Lipinski definition) is 1. The van der Waals surface area contributed by atoms with Crippen LogP contribution in [0.1, 0.15) is 37.8 Å². The minimum atomic E-state index is -4.12. The van der Waals surface area contributed by atoms with E-state index in [2.05, 4.69) is 5.32 Å². The average molecular weight is 591 g/mol. The van der Waals surface area contributed by atoms with Crippen LogP contribution in [0, 0.1) is 6.92 Å². The van der Waals surface area contributed by atoms with Crippen LogP contribution in [0.25, 0.3) is 0 Å². The summed E-state index contributed by atoms with van der Waals surface area (Å²) in [4.78, 5) is 28.4. The number of hydrogen-bond acceptors (Lipinski definition) is 4. The standard InChI is InChI=1S/C29H33Cl2N3O4S/c1-4-5-18-32-29(36)22(3)33(19-24-25(30)15-11-16-26(24)31)28(35)20-34(27-17-10-9-12-21(27)2)39(37,38)23-13-7-6-8-14-23/h6-17,22H,4-5,18-20H2,1-3H3,(H,32,36)/t22-/m1/s1. The second-order valence-electron chi connectivity index (χ2n) is 9.15. The zero-order valence-electron chi connectivity index (χ0n) is 22.2. The van der Waals surface area contributed by atoms with Crippen molar-refractivity contribution < 1.29 is 18.0 Å². The Kier molecular flexibility index (Phi) is 10.8. The van der Waals surface area contributed by atoms with E-state index in [0.29, 0.717) is 33.4 Å². The molecule has 0 spiro atoms. The van der Waals surface area contributed by atoms with Crippen molar-refractivity contribution in [2.75, 3.05) is 17.4 Å². The first-order valence-electron chi connectivity index (χ1n) is 12.7. The number of unbranched alkanes of at least 4 members (excludes halogenated alkanes) is 1. The summed E-state index contributed by atoms with van der Waals surface area (Å²) < 4.78 is 28.7. The van der Waals surface area contributed by atoms with Crippen LogP contribution in [-0.2, 0) is 26.2 Å². The number of para-hydroxylation sites is 1. The summed E-state index contributed by atoms with van der Waals surface area (Å²) in [5.74, 6) is -0.930. The molecule has 3 aromatic rings. The molecule has 0 aromatic heterocycles. The van der Waals surface area contributed by atoms with Crippen molar-refractivity contribution in [2.24, 2.45) is 0 Å². The maximum atomic E-state index is 14.0. The Bertz CT molecular complexity index is 1380. The minimum Gasteiger partial charge on any atom is -0.354 e. The summed E-state index contributed by atoms with van der Waals surface area (Å²) in [6.07, 6.45) is 1.69. The molecule has 3 aromatic carbocycles. The topological polar surface area (TPSA) is 86.8 Å². The van der Waals surface area contributed by atoms with E-state index in [9.17, 15) is 18.0 Å². The number of carbonyl (C=O) groups excluding carboxylic acids is 2. The molecule has 0 saturated carbocycles. The molecule has 1 N–H and O–H groups in total. The SMILES string of the molecule is CCCCNC(=O)[C@@H](C)N(Cc1c(Cl)cccc1Cl)C(=O)CN(c1ccccc1C)S(=O)(=O)c1ccccc1. The van der Waals surface area contributed by atoms with E-state index in [0.717, 1.165) is 17.1 Å². The Labute approximate surface area is 240 Å². The predicted octanol–water partition coefficient (Wildman–Crippen LogP) is 5.83. The van der Waals surface area contributed by atoms with Crippen LogP contribution >= 0.6 is 23.2 Å². The summed E-state index contributed by atoms with van der Waals surface area (Å²) in [5.41, 5.74) is 1.51. The quantitative estimate of drug-likeness (QED) is 0.269. The van der Waals surface area contributed by atoms with Crippen molar-refractivity contribution in [3.05, 3.63) is 94.0 Å².